The predicted molar refractivity (Wildman–Crippen MR) is 104 cm³/mol. The fourth-order valence-corrected chi connectivity index (χ4v) is 4.09. The molecule has 0 bridgehead atoms. The average molecular weight is 407 g/mol. The number of nitrogens with zero attached hydrogens (tertiary/aromatic N) is 2. The van der Waals surface area contributed by atoms with Crippen molar-refractivity contribution in [2.75, 3.05) is 0 Å². The lowest BCUT2D eigenvalue weighted by Gasteiger charge is -2.07. The molecule has 0 unspecified atom stereocenters. The van der Waals surface area contributed by atoms with Gasteiger partial charge in [0.05, 0.1) is 16.1 Å². The fourth-order valence-electron chi connectivity index (χ4n) is 2.78. The van der Waals surface area contributed by atoms with E-state index in [-0.39, 0.29) is 10.8 Å². The summed E-state index contributed by atoms with van der Waals surface area (Å²) in [5, 5.41) is 12.0. The molecule has 0 atom stereocenters. The van der Waals surface area contributed by atoms with Gasteiger partial charge in [0.1, 0.15) is 11.3 Å². The van der Waals surface area contributed by atoms with Crippen LogP contribution in [0.5, 0.6) is 5.75 Å². The zero-order chi connectivity index (χ0) is 18.4. The molecule has 2 heterocycles. The maximum atomic E-state index is 11.8. The van der Waals surface area contributed by atoms with Crippen LogP contribution in [0.4, 0.5) is 0 Å². The minimum atomic E-state index is -0.480. The molecule has 2 aromatic carbocycles. The molecule has 0 saturated carbocycles. The Balaban J connectivity index is 1.73. The summed E-state index contributed by atoms with van der Waals surface area (Å²) in [6.45, 7) is 0. The standard InChI is InChI=1S/C18H12Cl2N2O3S/c1-22-14-3-2-10(19)5-13(14)21-18(22)26-8-9-4-17(24)25-16-7-15(23)12(20)6-11(9)16/h2-7,23H,8H2,1H3. The molecule has 0 aliphatic rings. The zero-order valence-corrected chi connectivity index (χ0v) is 15.8. The number of rotatable bonds is 3. The number of aromatic nitrogens is 2. The van der Waals surface area contributed by atoms with E-state index in [0.717, 1.165) is 21.8 Å². The van der Waals surface area contributed by atoms with E-state index in [2.05, 4.69) is 4.98 Å². The molecule has 132 valence electrons. The Labute approximate surface area is 162 Å². The van der Waals surface area contributed by atoms with Crippen LogP contribution >= 0.6 is 35.0 Å². The normalized spacial score (nSPS) is 11.5. The van der Waals surface area contributed by atoms with Crippen molar-refractivity contribution in [2.45, 2.75) is 10.9 Å². The Morgan fingerprint density at radius 1 is 1.23 bits per heavy atom. The fraction of sp³-hybridized carbons (Fsp3) is 0.111. The molecule has 0 radical (unpaired) electrons. The average Bonchev–Trinajstić information content (AvgIpc) is 2.89. The number of fused-ring (bicyclic) bond motifs is 2. The summed E-state index contributed by atoms with van der Waals surface area (Å²) in [5.74, 6) is 0.369. The molecular weight excluding hydrogens is 395 g/mol. The number of hydrogen-bond donors (Lipinski definition) is 1. The molecule has 0 fully saturated rings. The van der Waals surface area contributed by atoms with Crippen molar-refractivity contribution in [1.29, 1.82) is 0 Å². The topological polar surface area (TPSA) is 68.3 Å². The summed E-state index contributed by atoms with van der Waals surface area (Å²) in [5.41, 5.74) is 2.36. The minimum Gasteiger partial charge on any atom is -0.506 e. The van der Waals surface area contributed by atoms with E-state index in [1.165, 1.54) is 23.9 Å². The van der Waals surface area contributed by atoms with Crippen molar-refractivity contribution in [3.63, 3.8) is 0 Å². The maximum Gasteiger partial charge on any atom is 0.336 e. The largest absolute Gasteiger partial charge is 0.506 e. The Hall–Kier alpha value is -2.15. The second-order valence-electron chi connectivity index (χ2n) is 5.77. The number of phenols is 1. The number of aromatic hydroxyl groups is 1. The van der Waals surface area contributed by atoms with E-state index in [1.54, 1.807) is 6.07 Å². The SMILES string of the molecule is Cn1c(SCc2cc(=O)oc3cc(O)c(Cl)cc23)nc2cc(Cl)ccc21. The molecule has 0 saturated heterocycles. The lowest BCUT2D eigenvalue weighted by molar-refractivity contribution is 0.473. The van der Waals surface area contributed by atoms with Crippen LogP contribution in [0.3, 0.4) is 0 Å². The third kappa shape index (κ3) is 3.05. The summed E-state index contributed by atoms with van der Waals surface area (Å²) in [7, 11) is 1.93. The second-order valence-corrected chi connectivity index (χ2v) is 7.55. The first-order chi connectivity index (χ1) is 12.4. The molecule has 0 aliphatic heterocycles. The monoisotopic (exact) mass is 406 g/mol. The van der Waals surface area contributed by atoms with Gasteiger partial charge in [-0.2, -0.15) is 0 Å². The van der Waals surface area contributed by atoms with Gasteiger partial charge < -0.3 is 14.1 Å². The third-order valence-corrected chi connectivity index (χ3v) is 5.67. The second kappa shape index (κ2) is 6.54. The summed E-state index contributed by atoms with van der Waals surface area (Å²) in [6.07, 6.45) is 0. The Bertz CT molecular complexity index is 1220. The number of imidazole rings is 1. The van der Waals surface area contributed by atoms with Crippen LogP contribution in [-0.4, -0.2) is 14.7 Å². The molecule has 0 spiro atoms. The maximum absolute atomic E-state index is 11.8. The minimum absolute atomic E-state index is 0.126. The Morgan fingerprint density at radius 2 is 2.04 bits per heavy atom. The molecule has 0 aliphatic carbocycles. The molecule has 1 N–H and O–H groups in total. The summed E-state index contributed by atoms with van der Waals surface area (Å²) < 4.78 is 7.13. The summed E-state index contributed by atoms with van der Waals surface area (Å²) >= 11 is 13.5. The molecule has 4 rings (SSSR count). The van der Waals surface area contributed by atoms with Crippen LogP contribution in [0, 0.1) is 0 Å². The first kappa shape index (κ1) is 17.3. The molecule has 4 aromatic rings. The number of thioether (sulfide) groups is 1. The van der Waals surface area contributed by atoms with Crippen molar-refractivity contribution in [3.8, 4) is 5.75 Å². The van der Waals surface area contributed by atoms with E-state index < -0.39 is 5.63 Å². The quantitative estimate of drug-likeness (QED) is 0.383. The van der Waals surface area contributed by atoms with Crippen LogP contribution < -0.4 is 5.63 Å². The van der Waals surface area contributed by atoms with Gasteiger partial charge in [0.25, 0.3) is 0 Å². The van der Waals surface area contributed by atoms with Gasteiger partial charge in [-0.1, -0.05) is 35.0 Å². The molecule has 26 heavy (non-hydrogen) atoms. The van der Waals surface area contributed by atoms with Crippen LogP contribution in [0.1, 0.15) is 5.56 Å². The lowest BCUT2D eigenvalue weighted by atomic mass is 10.1. The van der Waals surface area contributed by atoms with Gasteiger partial charge >= 0.3 is 5.63 Å². The number of phenolic OH excluding ortho intramolecular Hbond substituents is 1. The lowest BCUT2D eigenvalue weighted by Crippen LogP contribution is -2.00. The molecule has 8 heteroatoms. The third-order valence-electron chi connectivity index (χ3n) is 4.06. The van der Waals surface area contributed by atoms with Crippen LogP contribution in [0.2, 0.25) is 10.0 Å². The molecule has 2 aromatic heterocycles. The highest BCUT2D eigenvalue weighted by Crippen LogP contribution is 2.33. The van der Waals surface area contributed by atoms with Gasteiger partial charge in [-0.25, -0.2) is 9.78 Å². The van der Waals surface area contributed by atoms with E-state index in [9.17, 15) is 9.90 Å². The smallest absolute Gasteiger partial charge is 0.336 e. The van der Waals surface area contributed by atoms with Gasteiger partial charge in [-0.3, -0.25) is 0 Å². The van der Waals surface area contributed by atoms with Crippen LogP contribution in [-0.2, 0) is 12.8 Å². The highest BCUT2D eigenvalue weighted by molar-refractivity contribution is 7.98. The van der Waals surface area contributed by atoms with Crippen molar-refractivity contribution >= 4 is 57.0 Å². The van der Waals surface area contributed by atoms with E-state index in [4.69, 9.17) is 27.6 Å². The summed E-state index contributed by atoms with van der Waals surface area (Å²) in [6, 6.07) is 9.94. The van der Waals surface area contributed by atoms with Gasteiger partial charge in [-0.15, -0.1) is 0 Å². The number of halogens is 2. The Kier molecular flexibility index (Phi) is 4.34. The molecule has 5 nitrogen and oxygen atoms in total. The Morgan fingerprint density at radius 3 is 2.85 bits per heavy atom. The number of hydrogen-bond acceptors (Lipinski definition) is 5. The van der Waals surface area contributed by atoms with E-state index in [1.807, 2.05) is 29.8 Å². The van der Waals surface area contributed by atoms with Gasteiger partial charge in [0.15, 0.2) is 5.16 Å². The summed E-state index contributed by atoms with van der Waals surface area (Å²) in [4.78, 5) is 16.4. The molecule has 0 amide bonds. The highest BCUT2D eigenvalue weighted by Gasteiger charge is 2.13. The van der Waals surface area contributed by atoms with E-state index in [0.29, 0.717) is 21.7 Å². The first-order valence-corrected chi connectivity index (χ1v) is 9.36. The first-order valence-electron chi connectivity index (χ1n) is 7.62. The van der Waals surface area contributed by atoms with Crippen molar-refractivity contribution in [3.05, 3.63) is 62.4 Å². The predicted octanol–water partition coefficient (Wildman–Crippen LogP) is 4.98. The number of aryl methyl sites for hydroxylation is 1. The van der Waals surface area contributed by atoms with E-state index >= 15 is 0 Å². The van der Waals surface area contributed by atoms with Gasteiger partial charge in [0.2, 0.25) is 0 Å². The van der Waals surface area contributed by atoms with Crippen LogP contribution in [0.15, 0.2) is 50.8 Å². The highest BCUT2D eigenvalue weighted by atomic mass is 35.5. The van der Waals surface area contributed by atoms with Crippen LogP contribution in [0.25, 0.3) is 22.0 Å². The molecular formula is C18H12Cl2N2O3S. The number of benzene rings is 2. The van der Waals surface area contributed by atoms with Gasteiger partial charge in [-0.05, 0) is 29.8 Å². The van der Waals surface area contributed by atoms with Gasteiger partial charge in [0, 0.05) is 35.3 Å². The van der Waals surface area contributed by atoms with Crippen molar-refractivity contribution in [1.82, 2.24) is 9.55 Å². The zero-order valence-electron chi connectivity index (χ0n) is 13.5. The van der Waals surface area contributed by atoms with Crippen molar-refractivity contribution in [2.24, 2.45) is 7.05 Å². The van der Waals surface area contributed by atoms with Crippen molar-refractivity contribution < 1.29 is 9.52 Å².